The van der Waals surface area contributed by atoms with Crippen molar-refractivity contribution < 1.29 is 26.4 Å². The molecule has 9 nitrogen and oxygen atoms in total. The van der Waals surface area contributed by atoms with E-state index >= 15 is 0 Å². The minimum atomic E-state index is -4.06. The number of nitrogens with one attached hydrogen (secondary N) is 1. The molecule has 3 aromatic carbocycles. The lowest BCUT2D eigenvalue weighted by Crippen LogP contribution is -2.38. The normalized spacial score (nSPS) is 11.5. The van der Waals surface area contributed by atoms with Crippen molar-refractivity contribution in [3.8, 4) is 5.75 Å². The molecule has 180 valence electrons. The van der Waals surface area contributed by atoms with Crippen molar-refractivity contribution in [2.75, 3.05) is 40.9 Å². The van der Waals surface area contributed by atoms with Crippen molar-refractivity contribution in [2.24, 2.45) is 0 Å². The van der Waals surface area contributed by atoms with Gasteiger partial charge < -0.3 is 10.1 Å². The number of amides is 1. The molecule has 0 aliphatic heterocycles. The highest BCUT2D eigenvalue weighted by molar-refractivity contribution is 7.93. The van der Waals surface area contributed by atoms with Crippen LogP contribution in [0.1, 0.15) is 0 Å². The summed E-state index contributed by atoms with van der Waals surface area (Å²) in [6, 6.07) is 20.4. The smallest absolute Gasteiger partial charge is 0.264 e. The summed E-state index contributed by atoms with van der Waals surface area (Å²) in [7, 11) is -4.65. The Hall–Kier alpha value is -3.57. The van der Waals surface area contributed by atoms with E-state index in [1.165, 1.54) is 32.4 Å². The van der Waals surface area contributed by atoms with E-state index in [2.05, 4.69) is 5.32 Å². The number of methoxy groups -OCH3 is 1. The Balaban J connectivity index is 1.90. The van der Waals surface area contributed by atoms with Crippen LogP contribution in [-0.2, 0) is 24.8 Å². The van der Waals surface area contributed by atoms with Gasteiger partial charge in [0.05, 0.1) is 29.6 Å². The summed E-state index contributed by atoms with van der Waals surface area (Å²) in [4.78, 5) is 12.9. The fourth-order valence-electron chi connectivity index (χ4n) is 3.09. The number of benzene rings is 3. The van der Waals surface area contributed by atoms with E-state index < -0.39 is 32.5 Å². The second-order valence-electron chi connectivity index (χ2n) is 7.35. The van der Waals surface area contributed by atoms with Gasteiger partial charge >= 0.3 is 0 Å². The fourth-order valence-corrected chi connectivity index (χ4v) is 5.02. The fraction of sp³-hybridized carbons (Fsp3) is 0.174. The van der Waals surface area contributed by atoms with Crippen molar-refractivity contribution >= 4 is 43.0 Å². The van der Waals surface area contributed by atoms with Gasteiger partial charge in [0.1, 0.15) is 12.3 Å². The second kappa shape index (κ2) is 10.1. The zero-order chi connectivity index (χ0) is 24.9. The molecule has 1 N–H and O–H groups in total. The lowest BCUT2D eigenvalue weighted by molar-refractivity contribution is -0.114. The molecule has 0 bridgehead atoms. The van der Waals surface area contributed by atoms with Gasteiger partial charge in [-0.2, -0.15) is 0 Å². The Morgan fingerprint density at radius 3 is 2.12 bits per heavy atom. The highest BCUT2D eigenvalue weighted by Crippen LogP contribution is 2.26. The van der Waals surface area contributed by atoms with E-state index in [4.69, 9.17) is 4.74 Å². The van der Waals surface area contributed by atoms with Crippen LogP contribution < -0.4 is 18.7 Å². The summed E-state index contributed by atoms with van der Waals surface area (Å²) in [5, 5.41) is 2.64. The van der Waals surface area contributed by atoms with Gasteiger partial charge in [-0.25, -0.2) is 16.8 Å². The molecule has 0 unspecified atom stereocenters. The minimum Gasteiger partial charge on any atom is -0.497 e. The largest absolute Gasteiger partial charge is 0.497 e. The van der Waals surface area contributed by atoms with Gasteiger partial charge in [-0.15, -0.1) is 0 Å². The molecule has 11 heteroatoms. The standard InChI is InChI=1S/C23H25N3O6S2/c1-25(33(3,28)29)20-9-7-8-18(16-20)24-23(27)17-26(19-12-14-21(32-2)15-13-19)34(30,31)22-10-5-4-6-11-22/h4-16H,17H2,1-3H3,(H,24,27). The van der Waals surface area contributed by atoms with Crippen molar-refractivity contribution in [2.45, 2.75) is 4.90 Å². The molecule has 0 spiro atoms. The zero-order valence-electron chi connectivity index (χ0n) is 18.9. The lowest BCUT2D eigenvalue weighted by atomic mass is 10.2. The van der Waals surface area contributed by atoms with Gasteiger partial charge in [0.15, 0.2) is 0 Å². The summed E-state index contributed by atoms with van der Waals surface area (Å²) in [5.74, 6) is -0.0634. The molecule has 0 heterocycles. The Bertz CT molecular complexity index is 1360. The first-order valence-corrected chi connectivity index (χ1v) is 13.4. The van der Waals surface area contributed by atoms with Gasteiger partial charge in [-0.3, -0.25) is 13.4 Å². The Labute approximate surface area is 199 Å². The third kappa shape index (κ3) is 5.86. The maximum absolute atomic E-state index is 13.4. The third-order valence-electron chi connectivity index (χ3n) is 4.97. The lowest BCUT2D eigenvalue weighted by Gasteiger charge is -2.24. The monoisotopic (exact) mass is 503 g/mol. The highest BCUT2D eigenvalue weighted by Gasteiger charge is 2.27. The molecule has 0 aliphatic rings. The molecule has 0 saturated heterocycles. The summed E-state index contributed by atoms with van der Waals surface area (Å²) in [5.41, 5.74) is 0.958. The van der Waals surface area contributed by atoms with Crippen molar-refractivity contribution in [3.63, 3.8) is 0 Å². The molecule has 0 aromatic heterocycles. The molecule has 34 heavy (non-hydrogen) atoms. The van der Waals surface area contributed by atoms with E-state index in [1.807, 2.05) is 0 Å². The predicted octanol–water partition coefficient (Wildman–Crippen LogP) is 2.93. The van der Waals surface area contributed by atoms with Crippen LogP contribution >= 0.6 is 0 Å². The number of nitrogens with zero attached hydrogens (tertiary/aromatic N) is 2. The number of rotatable bonds is 9. The molecule has 1 amide bonds. The topological polar surface area (TPSA) is 113 Å². The Morgan fingerprint density at radius 2 is 1.53 bits per heavy atom. The van der Waals surface area contributed by atoms with Crippen LogP contribution in [0.15, 0.2) is 83.8 Å². The number of carbonyl (C=O) groups excluding carboxylic acids is 1. The van der Waals surface area contributed by atoms with Crippen molar-refractivity contribution in [1.29, 1.82) is 0 Å². The first kappa shape index (κ1) is 25.1. The van der Waals surface area contributed by atoms with Crippen LogP contribution in [0.25, 0.3) is 0 Å². The number of sulfonamides is 2. The van der Waals surface area contributed by atoms with E-state index in [1.54, 1.807) is 60.7 Å². The van der Waals surface area contributed by atoms with Crippen LogP contribution in [0.3, 0.4) is 0 Å². The van der Waals surface area contributed by atoms with Crippen molar-refractivity contribution in [3.05, 3.63) is 78.9 Å². The molecule has 0 atom stereocenters. The molecular weight excluding hydrogens is 478 g/mol. The van der Waals surface area contributed by atoms with Crippen molar-refractivity contribution in [1.82, 2.24) is 0 Å². The average Bonchev–Trinajstić information content (AvgIpc) is 2.82. The average molecular weight is 504 g/mol. The van der Waals surface area contributed by atoms with E-state index in [-0.39, 0.29) is 10.6 Å². The van der Waals surface area contributed by atoms with Crippen LogP contribution in [-0.4, -0.2) is 49.7 Å². The van der Waals surface area contributed by atoms with Gasteiger partial charge in [0, 0.05) is 12.7 Å². The summed E-state index contributed by atoms with van der Waals surface area (Å²) in [6.45, 7) is -0.504. The SMILES string of the molecule is COc1ccc(N(CC(=O)Nc2cccc(N(C)S(C)(=O)=O)c2)S(=O)(=O)c2ccccc2)cc1. The van der Waals surface area contributed by atoms with Crippen LogP contribution in [0.5, 0.6) is 5.75 Å². The number of ether oxygens (including phenoxy) is 1. The summed E-state index contributed by atoms with van der Waals surface area (Å²) >= 11 is 0. The van der Waals surface area contributed by atoms with Crippen LogP contribution in [0, 0.1) is 0 Å². The van der Waals surface area contributed by atoms with Gasteiger partial charge in [0.25, 0.3) is 10.0 Å². The highest BCUT2D eigenvalue weighted by atomic mass is 32.2. The predicted molar refractivity (Wildman–Crippen MR) is 132 cm³/mol. The van der Waals surface area contributed by atoms with E-state index in [9.17, 15) is 21.6 Å². The van der Waals surface area contributed by atoms with Gasteiger partial charge in [-0.05, 0) is 54.6 Å². The summed E-state index contributed by atoms with van der Waals surface area (Å²) in [6.07, 6.45) is 1.07. The number of hydrogen-bond donors (Lipinski definition) is 1. The molecule has 0 saturated carbocycles. The minimum absolute atomic E-state index is 0.0374. The Kier molecular flexibility index (Phi) is 7.48. The van der Waals surface area contributed by atoms with Crippen LogP contribution in [0.4, 0.5) is 17.1 Å². The van der Waals surface area contributed by atoms with Gasteiger partial charge in [-0.1, -0.05) is 24.3 Å². The first-order valence-electron chi connectivity index (χ1n) is 10.1. The number of carbonyl (C=O) groups is 1. The maximum atomic E-state index is 13.4. The molecule has 0 fully saturated rings. The molecule has 0 aliphatic carbocycles. The van der Waals surface area contributed by atoms with Gasteiger partial charge in [0.2, 0.25) is 15.9 Å². The number of hydrogen-bond acceptors (Lipinski definition) is 6. The zero-order valence-corrected chi connectivity index (χ0v) is 20.5. The summed E-state index contributed by atoms with van der Waals surface area (Å²) < 4.78 is 57.6. The molecule has 3 rings (SSSR count). The van der Waals surface area contributed by atoms with E-state index in [0.717, 1.165) is 14.9 Å². The Morgan fingerprint density at radius 1 is 0.882 bits per heavy atom. The second-order valence-corrected chi connectivity index (χ2v) is 11.2. The van der Waals surface area contributed by atoms with Crippen LogP contribution in [0.2, 0.25) is 0 Å². The quantitative estimate of drug-likeness (QED) is 0.480. The molecule has 3 aromatic rings. The third-order valence-corrected chi connectivity index (χ3v) is 7.96. The first-order chi connectivity index (χ1) is 16.0. The maximum Gasteiger partial charge on any atom is 0.264 e. The van der Waals surface area contributed by atoms with E-state index in [0.29, 0.717) is 17.1 Å². The molecular formula is C23H25N3O6S2. The molecule has 0 radical (unpaired) electrons. The number of anilines is 3.